The van der Waals surface area contributed by atoms with Gasteiger partial charge in [-0.05, 0) is 27.1 Å². The van der Waals surface area contributed by atoms with Gasteiger partial charge in [0, 0.05) is 0 Å². The number of rotatable bonds is 5. The maximum atomic E-state index is 7.46. The Labute approximate surface area is 56.8 Å². The molecule has 0 amide bonds. The fourth-order valence-electron chi connectivity index (χ4n) is 0.169. The van der Waals surface area contributed by atoms with Gasteiger partial charge in [-0.25, -0.2) is 5.26 Å². The summed E-state index contributed by atoms with van der Waals surface area (Å²) in [6, 6.07) is 0. The van der Waals surface area contributed by atoms with Crippen LogP contribution >= 0.6 is 0 Å². The van der Waals surface area contributed by atoms with Crippen LogP contribution in [0.15, 0.2) is 0 Å². The van der Waals surface area contributed by atoms with Gasteiger partial charge in [-0.3, -0.25) is 0 Å². The lowest BCUT2D eigenvalue weighted by atomic mass is 10.6. The van der Waals surface area contributed by atoms with Crippen LogP contribution in [0, 0.1) is 11.8 Å². The Hall–Kier alpha value is -0.680. The Kier molecular flexibility index (Phi) is 7.75. The van der Waals surface area contributed by atoms with Crippen molar-refractivity contribution in [1.29, 1.82) is 0 Å². The van der Waals surface area contributed by atoms with Crippen LogP contribution in [-0.4, -0.2) is 11.9 Å². The topological polar surface area (TPSA) is 66.4 Å². The molecule has 1 N–H and O–H groups in total. The second-order valence-electron chi connectivity index (χ2n) is 0.968. The van der Waals surface area contributed by atoms with Crippen molar-refractivity contribution in [1.82, 2.24) is 0 Å². The molecule has 0 heterocycles. The van der Waals surface area contributed by atoms with Gasteiger partial charge in [0.1, 0.15) is 6.61 Å². The SMILES string of the molecule is CC#CCOOOOOO. The largest absolute Gasteiger partial charge is 0.219 e. The quantitative estimate of drug-likeness (QED) is 0.262. The molecule has 0 atom stereocenters. The van der Waals surface area contributed by atoms with E-state index in [1.807, 2.05) is 0 Å². The molecule has 0 aromatic heterocycles. The van der Waals surface area contributed by atoms with Gasteiger partial charge in [0.05, 0.1) is 0 Å². The predicted molar refractivity (Wildman–Crippen MR) is 26.4 cm³/mol. The van der Waals surface area contributed by atoms with Gasteiger partial charge in [0.2, 0.25) is 0 Å². The second-order valence-corrected chi connectivity index (χ2v) is 0.968. The molecule has 6 heteroatoms. The highest BCUT2D eigenvalue weighted by atomic mass is 17.8. The van der Waals surface area contributed by atoms with Gasteiger partial charge >= 0.3 is 0 Å². The maximum Gasteiger partial charge on any atom is 0.146 e. The first kappa shape index (κ1) is 9.32. The Bertz CT molecular complexity index is 113. The van der Waals surface area contributed by atoms with E-state index in [0.717, 1.165) is 0 Å². The standard InChI is InChI=1S/C4H6O6/c1-2-3-4-6-8-10-9-7-5/h5H,4H2,1H3. The molecule has 58 valence electrons. The molecule has 0 bridgehead atoms. The van der Waals surface area contributed by atoms with Crippen LogP contribution in [0.2, 0.25) is 0 Å². The third-order valence-corrected chi connectivity index (χ3v) is 0.442. The van der Waals surface area contributed by atoms with Crippen molar-refractivity contribution in [3.05, 3.63) is 0 Å². The highest BCUT2D eigenvalue weighted by Gasteiger charge is 1.86. The average molecular weight is 150 g/mol. The van der Waals surface area contributed by atoms with Crippen LogP contribution in [0.3, 0.4) is 0 Å². The fraction of sp³-hybridized carbons (Fsp3) is 0.500. The van der Waals surface area contributed by atoms with Gasteiger partial charge in [-0.2, -0.15) is 4.89 Å². The van der Waals surface area contributed by atoms with E-state index >= 15 is 0 Å². The Morgan fingerprint density at radius 2 is 2.10 bits per heavy atom. The van der Waals surface area contributed by atoms with Crippen LogP contribution in [0.5, 0.6) is 0 Å². The molecular weight excluding hydrogens is 144 g/mol. The predicted octanol–water partition coefficient (Wildman–Crippen LogP) is 0.226. The first-order valence-corrected chi connectivity index (χ1v) is 2.24. The average Bonchev–Trinajstić information content (AvgIpc) is 1.97. The zero-order chi connectivity index (χ0) is 7.66. The Morgan fingerprint density at radius 1 is 1.30 bits per heavy atom. The van der Waals surface area contributed by atoms with Crippen molar-refractivity contribution < 1.29 is 30.3 Å². The summed E-state index contributed by atoms with van der Waals surface area (Å²) >= 11 is 0. The summed E-state index contributed by atoms with van der Waals surface area (Å²) in [5.74, 6) is 5.02. The molecule has 0 rings (SSSR count). The summed E-state index contributed by atoms with van der Waals surface area (Å²) in [6.45, 7) is 1.67. The van der Waals surface area contributed by atoms with E-state index in [9.17, 15) is 0 Å². The minimum absolute atomic E-state index is 0.0330. The number of hydrogen-bond donors (Lipinski definition) is 1. The summed E-state index contributed by atoms with van der Waals surface area (Å²) in [5, 5.41) is 21.2. The van der Waals surface area contributed by atoms with Gasteiger partial charge in [0.25, 0.3) is 0 Å². The maximum absolute atomic E-state index is 7.46. The summed E-state index contributed by atoms with van der Waals surface area (Å²) < 4.78 is 0. The van der Waals surface area contributed by atoms with E-state index in [0.29, 0.717) is 0 Å². The van der Waals surface area contributed by atoms with Crippen molar-refractivity contribution in [2.24, 2.45) is 0 Å². The summed E-state index contributed by atoms with van der Waals surface area (Å²) in [7, 11) is 0. The number of hydrogen-bond acceptors (Lipinski definition) is 6. The molecule has 0 fully saturated rings. The van der Waals surface area contributed by atoms with Crippen LogP contribution in [0.4, 0.5) is 0 Å². The smallest absolute Gasteiger partial charge is 0.146 e. The third-order valence-electron chi connectivity index (χ3n) is 0.442. The molecular formula is C4H6O6. The molecule has 0 radical (unpaired) electrons. The van der Waals surface area contributed by atoms with Crippen molar-refractivity contribution in [3.63, 3.8) is 0 Å². The van der Waals surface area contributed by atoms with E-state index in [2.05, 4.69) is 36.9 Å². The van der Waals surface area contributed by atoms with Crippen molar-refractivity contribution in [2.45, 2.75) is 6.92 Å². The van der Waals surface area contributed by atoms with Crippen molar-refractivity contribution in [3.8, 4) is 11.8 Å². The minimum Gasteiger partial charge on any atom is -0.219 e. The second kappa shape index (κ2) is 8.32. The van der Waals surface area contributed by atoms with Crippen LogP contribution in [0.25, 0.3) is 0 Å². The minimum atomic E-state index is 0.0330. The molecule has 0 aliphatic heterocycles. The molecule has 0 aromatic carbocycles. The van der Waals surface area contributed by atoms with E-state index in [1.165, 1.54) is 0 Å². The molecule has 0 aromatic rings. The highest BCUT2D eigenvalue weighted by Crippen LogP contribution is 1.81. The van der Waals surface area contributed by atoms with Crippen molar-refractivity contribution in [2.75, 3.05) is 6.61 Å². The van der Waals surface area contributed by atoms with E-state index in [-0.39, 0.29) is 6.61 Å². The van der Waals surface area contributed by atoms with E-state index in [1.54, 1.807) is 6.92 Å². The zero-order valence-electron chi connectivity index (χ0n) is 5.20. The first-order valence-electron chi connectivity index (χ1n) is 2.24. The summed E-state index contributed by atoms with van der Waals surface area (Å²) in [6.07, 6.45) is 0. The Morgan fingerprint density at radius 3 is 2.70 bits per heavy atom. The molecule has 0 aliphatic carbocycles. The molecule has 0 saturated carbocycles. The summed E-state index contributed by atoms with van der Waals surface area (Å²) in [5.41, 5.74) is 0. The fourth-order valence-corrected chi connectivity index (χ4v) is 0.169. The van der Waals surface area contributed by atoms with Gasteiger partial charge < -0.3 is 0 Å². The van der Waals surface area contributed by atoms with Gasteiger partial charge in [-0.1, -0.05) is 5.92 Å². The molecule has 0 aliphatic rings. The Balaban J connectivity index is 2.82. The van der Waals surface area contributed by atoms with Gasteiger partial charge in [-0.15, -0.1) is 5.92 Å². The third kappa shape index (κ3) is 7.32. The van der Waals surface area contributed by atoms with Crippen LogP contribution in [-0.2, 0) is 25.0 Å². The molecule has 0 spiro atoms. The lowest BCUT2D eigenvalue weighted by molar-refractivity contribution is -0.752. The molecule has 10 heavy (non-hydrogen) atoms. The van der Waals surface area contributed by atoms with E-state index < -0.39 is 0 Å². The van der Waals surface area contributed by atoms with Crippen molar-refractivity contribution >= 4 is 0 Å². The molecule has 6 nitrogen and oxygen atoms in total. The lowest BCUT2D eigenvalue weighted by Crippen LogP contribution is -1.97. The van der Waals surface area contributed by atoms with Crippen LogP contribution < -0.4 is 0 Å². The molecule has 0 saturated heterocycles. The molecule has 0 unspecified atom stereocenters. The first-order chi connectivity index (χ1) is 4.91. The lowest BCUT2D eigenvalue weighted by Gasteiger charge is -1.93. The monoisotopic (exact) mass is 150 g/mol. The highest BCUT2D eigenvalue weighted by molar-refractivity contribution is 4.94. The van der Waals surface area contributed by atoms with E-state index in [4.69, 9.17) is 5.26 Å². The normalized spacial score (nSPS) is 8.60. The van der Waals surface area contributed by atoms with Gasteiger partial charge in [0.15, 0.2) is 0 Å². The zero-order valence-corrected chi connectivity index (χ0v) is 5.20. The summed E-state index contributed by atoms with van der Waals surface area (Å²) in [4.78, 5) is 4.16. The van der Waals surface area contributed by atoms with Crippen LogP contribution in [0.1, 0.15) is 6.92 Å².